The summed E-state index contributed by atoms with van der Waals surface area (Å²) in [6, 6.07) is 25.6. The zero-order chi connectivity index (χ0) is 18.0. The van der Waals surface area contributed by atoms with Crippen LogP contribution in [0.3, 0.4) is 0 Å². The van der Waals surface area contributed by atoms with Gasteiger partial charge in [0.25, 0.3) is 5.91 Å². The van der Waals surface area contributed by atoms with E-state index < -0.39 is 0 Å². The largest absolute Gasteiger partial charge is 0.280 e. The molecule has 0 aliphatic carbocycles. The van der Waals surface area contributed by atoms with E-state index in [4.69, 9.17) is 10.1 Å². The minimum atomic E-state index is -0.302. The lowest BCUT2D eigenvalue weighted by Crippen LogP contribution is -2.36. The van der Waals surface area contributed by atoms with E-state index in [1.807, 2.05) is 88.4 Å². The Morgan fingerprint density at radius 3 is 2.33 bits per heavy atom. The fourth-order valence-electron chi connectivity index (χ4n) is 4.04. The van der Waals surface area contributed by atoms with E-state index in [0.717, 1.165) is 33.8 Å². The maximum atomic E-state index is 13.1. The number of benzene rings is 3. The first-order valence-electron chi connectivity index (χ1n) is 8.87. The monoisotopic (exact) mass is 350 g/mol. The van der Waals surface area contributed by atoms with Crippen LogP contribution in [0.15, 0.2) is 78.9 Å². The highest BCUT2D eigenvalue weighted by Gasteiger charge is 2.44. The Morgan fingerprint density at radius 1 is 0.778 bits per heavy atom. The summed E-state index contributed by atoms with van der Waals surface area (Å²) in [5.74, 6) is 1.46. The number of nitrogens with zero attached hydrogens (tertiary/aromatic N) is 4. The fourth-order valence-corrected chi connectivity index (χ4v) is 4.04. The normalized spacial score (nSPS) is 16.5. The molecule has 2 aliphatic rings. The molecule has 4 aromatic rings. The minimum Gasteiger partial charge on any atom is -0.280 e. The molecular formula is C22H14N4O. The second-order valence-electron chi connectivity index (χ2n) is 6.72. The quantitative estimate of drug-likeness (QED) is 0.519. The number of anilines is 1. The predicted molar refractivity (Wildman–Crippen MR) is 102 cm³/mol. The van der Waals surface area contributed by atoms with Gasteiger partial charge in [-0.25, -0.2) is 9.67 Å². The van der Waals surface area contributed by atoms with Gasteiger partial charge in [0.05, 0.1) is 5.69 Å². The molecule has 0 bridgehead atoms. The Hall–Kier alpha value is -3.73. The summed E-state index contributed by atoms with van der Waals surface area (Å²) in [6.07, 6.45) is -0.302. The minimum absolute atomic E-state index is 0.00506. The van der Waals surface area contributed by atoms with E-state index in [-0.39, 0.29) is 12.1 Å². The Bertz CT molecular complexity index is 1210. The van der Waals surface area contributed by atoms with Crippen molar-refractivity contribution in [2.75, 3.05) is 4.90 Å². The summed E-state index contributed by atoms with van der Waals surface area (Å²) in [4.78, 5) is 19.8. The van der Waals surface area contributed by atoms with Crippen LogP contribution >= 0.6 is 0 Å². The topological polar surface area (TPSA) is 51.0 Å². The standard InChI is InChI=1S/C22H14N4O/c27-22-16-11-5-4-10-15(16)21-25(22)18-13-7-6-12-17(18)20-23-19(24-26(20)21)14-8-2-1-3-9-14/h1-13,21H. The molecule has 6 rings (SSSR count). The van der Waals surface area contributed by atoms with Crippen molar-refractivity contribution in [3.05, 3.63) is 90.0 Å². The third-order valence-electron chi connectivity index (χ3n) is 5.23. The molecule has 0 radical (unpaired) electrons. The van der Waals surface area contributed by atoms with Crippen molar-refractivity contribution < 1.29 is 4.79 Å². The first kappa shape index (κ1) is 14.4. The number of para-hydroxylation sites is 1. The highest BCUT2D eigenvalue weighted by atomic mass is 16.2. The van der Waals surface area contributed by atoms with E-state index in [0.29, 0.717) is 5.82 Å². The molecule has 1 unspecified atom stereocenters. The molecule has 5 heteroatoms. The molecular weight excluding hydrogens is 336 g/mol. The van der Waals surface area contributed by atoms with Gasteiger partial charge in [-0.2, -0.15) is 0 Å². The molecule has 0 saturated carbocycles. The van der Waals surface area contributed by atoms with E-state index in [1.165, 1.54) is 0 Å². The third-order valence-corrected chi connectivity index (χ3v) is 5.23. The summed E-state index contributed by atoms with van der Waals surface area (Å²) in [6.45, 7) is 0. The smallest absolute Gasteiger partial charge is 0.260 e. The molecule has 0 fully saturated rings. The summed E-state index contributed by atoms with van der Waals surface area (Å²) >= 11 is 0. The Morgan fingerprint density at radius 2 is 1.48 bits per heavy atom. The Labute approximate surface area is 155 Å². The predicted octanol–water partition coefficient (Wildman–Crippen LogP) is 4.13. The summed E-state index contributed by atoms with van der Waals surface area (Å²) < 4.78 is 1.88. The van der Waals surface area contributed by atoms with Crippen LogP contribution in [-0.2, 0) is 0 Å². The molecule has 1 atom stereocenters. The molecule has 0 spiro atoms. The van der Waals surface area contributed by atoms with Gasteiger partial charge in [0, 0.05) is 22.3 Å². The van der Waals surface area contributed by atoms with Crippen molar-refractivity contribution in [3.8, 4) is 22.8 Å². The summed E-state index contributed by atoms with van der Waals surface area (Å²) in [5.41, 5.74) is 4.44. The van der Waals surface area contributed by atoms with Gasteiger partial charge in [0.2, 0.25) is 0 Å². The Balaban J connectivity index is 1.66. The molecule has 2 aliphatic heterocycles. The summed E-state index contributed by atoms with van der Waals surface area (Å²) in [5, 5.41) is 4.81. The fraction of sp³-hybridized carbons (Fsp3) is 0.0455. The second-order valence-corrected chi connectivity index (χ2v) is 6.72. The molecule has 3 heterocycles. The number of rotatable bonds is 1. The number of amides is 1. The molecule has 0 N–H and O–H groups in total. The summed E-state index contributed by atoms with van der Waals surface area (Å²) in [7, 11) is 0. The van der Waals surface area contributed by atoms with Crippen molar-refractivity contribution in [2.45, 2.75) is 6.17 Å². The van der Waals surface area contributed by atoms with Gasteiger partial charge < -0.3 is 0 Å². The maximum Gasteiger partial charge on any atom is 0.260 e. The van der Waals surface area contributed by atoms with Crippen LogP contribution in [0.4, 0.5) is 5.69 Å². The molecule has 27 heavy (non-hydrogen) atoms. The molecule has 5 nitrogen and oxygen atoms in total. The lowest BCUT2D eigenvalue weighted by atomic mass is 10.1. The number of carbonyl (C=O) groups excluding carboxylic acids is 1. The first-order valence-corrected chi connectivity index (χ1v) is 8.87. The zero-order valence-corrected chi connectivity index (χ0v) is 14.3. The van der Waals surface area contributed by atoms with Crippen molar-refractivity contribution >= 4 is 11.6 Å². The number of hydrogen-bond donors (Lipinski definition) is 0. The van der Waals surface area contributed by atoms with Crippen LogP contribution in [0, 0.1) is 0 Å². The van der Waals surface area contributed by atoms with Crippen LogP contribution in [0.5, 0.6) is 0 Å². The second kappa shape index (κ2) is 5.14. The van der Waals surface area contributed by atoms with E-state index in [9.17, 15) is 4.79 Å². The molecule has 1 amide bonds. The number of hydrogen-bond acceptors (Lipinski definition) is 3. The van der Waals surface area contributed by atoms with Gasteiger partial charge in [-0.15, -0.1) is 5.10 Å². The molecule has 0 saturated heterocycles. The third kappa shape index (κ3) is 1.85. The number of aromatic nitrogens is 3. The lowest BCUT2D eigenvalue weighted by molar-refractivity contribution is 0.0987. The highest BCUT2D eigenvalue weighted by Crippen LogP contribution is 2.47. The number of fused-ring (bicyclic) bond motifs is 8. The van der Waals surface area contributed by atoms with Crippen molar-refractivity contribution in [1.82, 2.24) is 14.8 Å². The first-order chi connectivity index (χ1) is 13.3. The van der Waals surface area contributed by atoms with Crippen LogP contribution < -0.4 is 4.90 Å². The maximum absolute atomic E-state index is 13.1. The van der Waals surface area contributed by atoms with Gasteiger partial charge in [-0.3, -0.25) is 9.69 Å². The van der Waals surface area contributed by atoms with Gasteiger partial charge in [0.1, 0.15) is 0 Å². The zero-order valence-electron chi connectivity index (χ0n) is 14.3. The van der Waals surface area contributed by atoms with E-state index in [2.05, 4.69) is 0 Å². The highest BCUT2D eigenvalue weighted by molar-refractivity contribution is 6.13. The van der Waals surface area contributed by atoms with Crippen molar-refractivity contribution in [2.24, 2.45) is 0 Å². The van der Waals surface area contributed by atoms with Gasteiger partial charge >= 0.3 is 0 Å². The molecule has 128 valence electrons. The SMILES string of the molecule is O=C1c2ccccc2C2N1c1ccccc1-c1nc(-c3ccccc3)nn12. The van der Waals surface area contributed by atoms with Gasteiger partial charge in [0.15, 0.2) is 17.8 Å². The van der Waals surface area contributed by atoms with Gasteiger partial charge in [-0.05, 0) is 18.2 Å². The molecule has 3 aromatic carbocycles. The van der Waals surface area contributed by atoms with Gasteiger partial charge in [-0.1, -0.05) is 60.7 Å². The number of carbonyl (C=O) groups is 1. The van der Waals surface area contributed by atoms with Crippen LogP contribution in [0.1, 0.15) is 22.1 Å². The Kier molecular flexibility index (Phi) is 2.75. The molecule has 1 aromatic heterocycles. The van der Waals surface area contributed by atoms with Crippen LogP contribution in [0.2, 0.25) is 0 Å². The van der Waals surface area contributed by atoms with Crippen LogP contribution in [-0.4, -0.2) is 20.7 Å². The van der Waals surface area contributed by atoms with Crippen LogP contribution in [0.25, 0.3) is 22.8 Å². The van der Waals surface area contributed by atoms with E-state index in [1.54, 1.807) is 0 Å². The average Bonchev–Trinajstić information content (AvgIpc) is 3.30. The van der Waals surface area contributed by atoms with E-state index >= 15 is 0 Å². The van der Waals surface area contributed by atoms with Crippen molar-refractivity contribution in [3.63, 3.8) is 0 Å². The van der Waals surface area contributed by atoms with Crippen molar-refractivity contribution in [1.29, 1.82) is 0 Å². The average molecular weight is 350 g/mol. The lowest BCUT2D eigenvalue weighted by Gasteiger charge is -2.32.